The summed E-state index contributed by atoms with van der Waals surface area (Å²) in [5, 5.41) is 8.71. The van der Waals surface area contributed by atoms with Crippen molar-refractivity contribution in [1.29, 1.82) is 0 Å². The first-order chi connectivity index (χ1) is 7.85. The van der Waals surface area contributed by atoms with Crippen LogP contribution in [0.4, 0.5) is 0 Å². The Bertz CT molecular complexity index is 126. The Labute approximate surface area is 101 Å². The summed E-state index contributed by atoms with van der Waals surface area (Å²) in [5.41, 5.74) is 0. The molecule has 1 unspecified atom stereocenters. The second-order valence-electron chi connectivity index (χ2n) is 4.63. The molecule has 0 aromatic heterocycles. The summed E-state index contributed by atoms with van der Waals surface area (Å²) in [4.78, 5) is 0. The predicted octanol–water partition coefficient (Wildman–Crippen LogP) is 3.91. The van der Waals surface area contributed by atoms with Crippen LogP contribution in [0.3, 0.4) is 0 Å². The number of ether oxygens (including phenoxy) is 1. The van der Waals surface area contributed by atoms with E-state index < -0.39 is 0 Å². The first-order valence-corrected chi connectivity index (χ1v) is 6.98. The monoisotopic (exact) mass is 230 g/mol. The van der Waals surface area contributed by atoms with Gasteiger partial charge >= 0.3 is 0 Å². The first-order valence-electron chi connectivity index (χ1n) is 6.98. The molecule has 2 heteroatoms. The summed E-state index contributed by atoms with van der Waals surface area (Å²) in [6.45, 7) is 2.57. The summed E-state index contributed by atoms with van der Waals surface area (Å²) in [7, 11) is 1.81. The molecule has 2 nitrogen and oxygen atoms in total. The molecular weight excluding hydrogens is 200 g/mol. The normalized spacial score (nSPS) is 12.9. The third-order valence-electron chi connectivity index (χ3n) is 3.15. The van der Waals surface area contributed by atoms with Crippen molar-refractivity contribution in [3.63, 3.8) is 0 Å². The van der Waals surface area contributed by atoms with Crippen molar-refractivity contribution in [2.75, 3.05) is 13.7 Å². The Morgan fingerprint density at radius 2 is 1.44 bits per heavy atom. The zero-order valence-corrected chi connectivity index (χ0v) is 11.2. The predicted molar refractivity (Wildman–Crippen MR) is 69.7 cm³/mol. The summed E-state index contributed by atoms with van der Waals surface area (Å²) in [6, 6.07) is 0. The summed E-state index contributed by atoms with van der Waals surface area (Å²) in [6.07, 6.45) is 12.8. The zero-order chi connectivity index (χ0) is 12.1. The molecule has 0 amide bonds. The Morgan fingerprint density at radius 3 is 2.00 bits per heavy atom. The number of methoxy groups -OCH3 is 1. The van der Waals surface area contributed by atoms with E-state index in [9.17, 15) is 0 Å². The smallest absolute Gasteiger partial charge is 0.0571 e. The molecule has 0 saturated heterocycles. The van der Waals surface area contributed by atoms with Gasteiger partial charge in [-0.1, -0.05) is 45.4 Å². The lowest BCUT2D eigenvalue weighted by molar-refractivity contribution is 0.0819. The molecule has 1 N–H and O–H groups in total. The zero-order valence-electron chi connectivity index (χ0n) is 11.2. The molecule has 0 aromatic carbocycles. The molecule has 0 aliphatic heterocycles. The van der Waals surface area contributed by atoms with Crippen molar-refractivity contribution in [3.05, 3.63) is 0 Å². The van der Waals surface area contributed by atoms with Crippen LogP contribution in [-0.2, 0) is 4.74 Å². The van der Waals surface area contributed by atoms with Gasteiger partial charge in [-0.3, -0.25) is 0 Å². The minimum Gasteiger partial charge on any atom is -0.396 e. The molecule has 0 rings (SSSR count). The number of aliphatic hydroxyl groups is 1. The van der Waals surface area contributed by atoms with Crippen LogP contribution in [0.2, 0.25) is 0 Å². The van der Waals surface area contributed by atoms with Crippen LogP contribution < -0.4 is 0 Å². The van der Waals surface area contributed by atoms with Crippen LogP contribution in [0, 0.1) is 0 Å². The third-order valence-corrected chi connectivity index (χ3v) is 3.15. The van der Waals surface area contributed by atoms with Crippen LogP contribution in [0.15, 0.2) is 0 Å². The average molecular weight is 230 g/mol. The van der Waals surface area contributed by atoms with Gasteiger partial charge in [0, 0.05) is 13.7 Å². The van der Waals surface area contributed by atoms with Gasteiger partial charge in [0.1, 0.15) is 0 Å². The van der Waals surface area contributed by atoms with Gasteiger partial charge in [-0.15, -0.1) is 0 Å². The highest BCUT2D eigenvalue weighted by atomic mass is 16.5. The molecule has 0 bridgehead atoms. The van der Waals surface area contributed by atoms with Crippen LogP contribution in [-0.4, -0.2) is 24.9 Å². The molecule has 0 aliphatic rings. The largest absolute Gasteiger partial charge is 0.396 e. The maximum absolute atomic E-state index is 8.71. The third kappa shape index (κ3) is 10.4. The highest BCUT2D eigenvalue weighted by Crippen LogP contribution is 2.14. The fourth-order valence-electron chi connectivity index (χ4n) is 2.02. The first kappa shape index (κ1) is 15.9. The summed E-state index contributed by atoms with van der Waals surface area (Å²) in [5.74, 6) is 0. The van der Waals surface area contributed by atoms with E-state index >= 15 is 0 Å². The fourth-order valence-corrected chi connectivity index (χ4v) is 2.02. The molecule has 0 fully saturated rings. The Kier molecular flexibility index (Phi) is 12.9. The highest BCUT2D eigenvalue weighted by Gasteiger charge is 2.06. The van der Waals surface area contributed by atoms with E-state index in [0.29, 0.717) is 12.7 Å². The molecule has 0 aliphatic carbocycles. The van der Waals surface area contributed by atoms with Gasteiger partial charge in [-0.25, -0.2) is 0 Å². The van der Waals surface area contributed by atoms with Gasteiger partial charge in [-0.2, -0.15) is 0 Å². The maximum atomic E-state index is 8.71. The molecule has 0 aromatic rings. The van der Waals surface area contributed by atoms with E-state index in [0.717, 1.165) is 19.3 Å². The van der Waals surface area contributed by atoms with E-state index in [1.807, 2.05) is 0 Å². The SMILES string of the molecule is CCCCCCCCC(CCCCO)OC. The van der Waals surface area contributed by atoms with E-state index in [-0.39, 0.29) is 0 Å². The Balaban J connectivity index is 3.26. The topological polar surface area (TPSA) is 29.5 Å². The van der Waals surface area contributed by atoms with Crippen LogP contribution in [0.1, 0.15) is 71.1 Å². The molecule has 0 saturated carbocycles. The van der Waals surface area contributed by atoms with Crippen molar-refractivity contribution in [2.45, 2.75) is 77.2 Å². The van der Waals surface area contributed by atoms with E-state index in [4.69, 9.17) is 9.84 Å². The summed E-state index contributed by atoms with van der Waals surface area (Å²) >= 11 is 0. The number of hydrogen-bond acceptors (Lipinski definition) is 2. The van der Waals surface area contributed by atoms with Crippen molar-refractivity contribution >= 4 is 0 Å². The van der Waals surface area contributed by atoms with E-state index in [1.165, 1.54) is 44.9 Å². The van der Waals surface area contributed by atoms with Crippen LogP contribution >= 0.6 is 0 Å². The molecular formula is C14H30O2. The maximum Gasteiger partial charge on any atom is 0.0571 e. The molecule has 0 spiro atoms. The van der Waals surface area contributed by atoms with Gasteiger partial charge in [0.2, 0.25) is 0 Å². The van der Waals surface area contributed by atoms with Gasteiger partial charge in [0.25, 0.3) is 0 Å². The van der Waals surface area contributed by atoms with Crippen LogP contribution in [0.25, 0.3) is 0 Å². The standard InChI is InChI=1S/C14H30O2/c1-3-4-5-6-7-8-11-14(16-2)12-9-10-13-15/h14-15H,3-13H2,1-2H3. The fraction of sp³-hybridized carbons (Fsp3) is 1.00. The minimum absolute atomic E-state index is 0.313. The molecule has 1 atom stereocenters. The lowest BCUT2D eigenvalue weighted by Gasteiger charge is -2.14. The molecule has 0 heterocycles. The van der Waals surface area contributed by atoms with Crippen molar-refractivity contribution in [1.82, 2.24) is 0 Å². The second-order valence-corrected chi connectivity index (χ2v) is 4.63. The van der Waals surface area contributed by atoms with Crippen molar-refractivity contribution < 1.29 is 9.84 Å². The average Bonchev–Trinajstić information content (AvgIpc) is 2.31. The second kappa shape index (κ2) is 13.0. The molecule has 0 radical (unpaired) electrons. The molecule has 16 heavy (non-hydrogen) atoms. The minimum atomic E-state index is 0.313. The number of rotatable bonds is 12. The van der Waals surface area contributed by atoms with Crippen molar-refractivity contribution in [3.8, 4) is 0 Å². The highest BCUT2D eigenvalue weighted by molar-refractivity contribution is 4.58. The van der Waals surface area contributed by atoms with E-state index in [2.05, 4.69) is 6.92 Å². The van der Waals surface area contributed by atoms with Gasteiger partial charge < -0.3 is 9.84 Å². The van der Waals surface area contributed by atoms with Crippen LogP contribution in [0.5, 0.6) is 0 Å². The van der Waals surface area contributed by atoms with Gasteiger partial charge in [-0.05, 0) is 25.7 Å². The van der Waals surface area contributed by atoms with Gasteiger partial charge in [0.15, 0.2) is 0 Å². The van der Waals surface area contributed by atoms with E-state index in [1.54, 1.807) is 7.11 Å². The lowest BCUT2D eigenvalue weighted by Crippen LogP contribution is -2.10. The number of aliphatic hydroxyl groups excluding tert-OH is 1. The number of unbranched alkanes of at least 4 members (excludes halogenated alkanes) is 6. The lowest BCUT2D eigenvalue weighted by atomic mass is 10.0. The number of hydrogen-bond donors (Lipinski definition) is 1. The molecule has 98 valence electrons. The van der Waals surface area contributed by atoms with Crippen molar-refractivity contribution in [2.24, 2.45) is 0 Å². The Morgan fingerprint density at radius 1 is 0.875 bits per heavy atom. The van der Waals surface area contributed by atoms with Gasteiger partial charge in [0.05, 0.1) is 6.10 Å². The summed E-state index contributed by atoms with van der Waals surface area (Å²) < 4.78 is 5.44. The Hall–Kier alpha value is -0.0800. The quantitative estimate of drug-likeness (QED) is 0.515.